The van der Waals surface area contributed by atoms with Gasteiger partial charge >= 0.3 is 5.97 Å². The van der Waals surface area contributed by atoms with Crippen molar-refractivity contribution in [1.82, 2.24) is 10.2 Å². The summed E-state index contributed by atoms with van der Waals surface area (Å²) in [4.78, 5) is 27.0. The molecule has 3 rings (SSSR count). The van der Waals surface area contributed by atoms with Gasteiger partial charge in [0.15, 0.2) is 6.04 Å². The molecule has 20 heavy (non-hydrogen) atoms. The van der Waals surface area contributed by atoms with Crippen LogP contribution in [-0.2, 0) is 16.0 Å². The maximum absolute atomic E-state index is 12.7. The Kier molecular flexibility index (Phi) is 3.52. The summed E-state index contributed by atoms with van der Waals surface area (Å²) in [5.74, 6) is -0.791. The molecular weight excluding hydrogens is 276 g/mol. The quantitative estimate of drug-likeness (QED) is 0.857. The van der Waals surface area contributed by atoms with Gasteiger partial charge in [-0.1, -0.05) is 6.92 Å². The first kappa shape index (κ1) is 13.6. The van der Waals surface area contributed by atoms with Crippen LogP contribution < -0.4 is 5.32 Å². The van der Waals surface area contributed by atoms with Crippen LogP contribution in [0.4, 0.5) is 0 Å². The van der Waals surface area contributed by atoms with Gasteiger partial charge in [-0.3, -0.25) is 4.79 Å². The molecule has 6 heteroatoms. The highest BCUT2D eigenvalue weighted by Gasteiger charge is 2.41. The van der Waals surface area contributed by atoms with Crippen LogP contribution in [0.25, 0.3) is 0 Å². The Morgan fingerprint density at radius 3 is 2.90 bits per heavy atom. The average molecular weight is 294 g/mol. The molecule has 108 valence electrons. The highest BCUT2D eigenvalue weighted by atomic mass is 32.1. The standard InChI is InChI=1S/C14H18N2O3S/c1-8-6-15-7-10(8)13(17)16-4-2-11-9(3-5-20-11)12(16)14(18)19/h3,5,8,10,12,15H,2,4,6-7H2,1H3,(H,18,19)/t8-,10-,12?/m1/s1. The van der Waals surface area contributed by atoms with E-state index in [1.807, 2.05) is 18.4 Å². The fourth-order valence-electron chi connectivity index (χ4n) is 3.17. The predicted molar refractivity (Wildman–Crippen MR) is 75.6 cm³/mol. The number of carbonyl (C=O) groups is 2. The Hall–Kier alpha value is -1.40. The molecule has 3 atom stereocenters. The maximum atomic E-state index is 12.7. The van der Waals surface area contributed by atoms with Crippen LogP contribution in [0.5, 0.6) is 0 Å². The molecule has 1 saturated heterocycles. The van der Waals surface area contributed by atoms with Gasteiger partial charge in [-0.15, -0.1) is 11.3 Å². The third-order valence-corrected chi connectivity index (χ3v) is 5.31. The molecule has 0 radical (unpaired) electrons. The van der Waals surface area contributed by atoms with Gasteiger partial charge in [-0.05, 0) is 35.9 Å². The first-order valence-corrected chi connectivity index (χ1v) is 7.78. The minimum Gasteiger partial charge on any atom is -0.479 e. The van der Waals surface area contributed by atoms with Gasteiger partial charge in [0.1, 0.15) is 0 Å². The highest BCUT2D eigenvalue weighted by Crippen LogP contribution is 2.35. The van der Waals surface area contributed by atoms with Crippen LogP contribution in [0, 0.1) is 11.8 Å². The van der Waals surface area contributed by atoms with Gasteiger partial charge in [-0.25, -0.2) is 4.79 Å². The van der Waals surface area contributed by atoms with Gasteiger partial charge in [0.05, 0.1) is 5.92 Å². The lowest BCUT2D eigenvalue weighted by molar-refractivity contribution is -0.153. The van der Waals surface area contributed by atoms with Crippen LogP contribution >= 0.6 is 11.3 Å². The van der Waals surface area contributed by atoms with Crippen molar-refractivity contribution in [2.24, 2.45) is 11.8 Å². The van der Waals surface area contributed by atoms with Crippen molar-refractivity contribution in [3.05, 3.63) is 21.9 Å². The molecule has 1 unspecified atom stereocenters. The molecule has 1 amide bonds. The van der Waals surface area contributed by atoms with E-state index in [1.54, 1.807) is 16.2 Å². The third-order valence-electron chi connectivity index (χ3n) is 4.32. The van der Waals surface area contributed by atoms with E-state index in [2.05, 4.69) is 5.32 Å². The van der Waals surface area contributed by atoms with E-state index >= 15 is 0 Å². The summed E-state index contributed by atoms with van der Waals surface area (Å²) < 4.78 is 0. The summed E-state index contributed by atoms with van der Waals surface area (Å²) in [5.41, 5.74) is 0.792. The van der Waals surface area contributed by atoms with Crippen LogP contribution in [-0.4, -0.2) is 41.5 Å². The molecule has 1 aromatic rings. The molecule has 0 bridgehead atoms. The van der Waals surface area contributed by atoms with Gasteiger partial charge in [0.25, 0.3) is 0 Å². The molecule has 0 aliphatic carbocycles. The molecule has 2 N–H and O–H groups in total. The fraction of sp³-hybridized carbons (Fsp3) is 0.571. The molecule has 1 fully saturated rings. The van der Waals surface area contributed by atoms with Crippen LogP contribution in [0.15, 0.2) is 11.4 Å². The average Bonchev–Trinajstić information content (AvgIpc) is 3.04. The van der Waals surface area contributed by atoms with Crippen molar-refractivity contribution in [2.75, 3.05) is 19.6 Å². The lowest BCUT2D eigenvalue weighted by Gasteiger charge is -2.35. The van der Waals surface area contributed by atoms with Crippen molar-refractivity contribution in [3.63, 3.8) is 0 Å². The summed E-state index contributed by atoms with van der Waals surface area (Å²) >= 11 is 1.58. The minimum atomic E-state index is -0.934. The number of thiophene rings is 1. The number of nitrogens with one attached hydrogen (secondary N) is 1. The number of carboxylic acids is 1. The molecular formula is C14H18N2O3S. The zero-order valence-corrected chi connectivity index (χ0v) is 12.2. The summed E-state index contributed by atoms with van der Waals surface area (Å²) in [5, 5.41) is 14.6. The smallest absolute Gasteiger partial charge is 0.331 e. The van der Waals surface area contributed by atoms with Crippen molar-refractivity contribution in [2.45, 2.75) is 19.4 Å². The van der Waals surface area contributed by atoms with E-state index in [0.29, 0.717) is 13.1 Å². The van der Waals surface area contributed by atoms with Crippen LogP contribution in [0.2, 0.25) is 0 Å². The Balaban J connectivity index is 1.89. The number of carbonyl (C=O) groups excluding carboxylic acids is 1. The Morgan fingerprint density at radius 1 is 1.45 bits per heavy atom. The predicted octanol–water partition coefficient (Wildman–Crippen LogP) is 1.11. The molecule has 0 saturated carbocycles. The fourth-order valence-corrected chi connectivity index (χ4v) is 4.08. The number of nitrogens with zero attached hydrogens (tertiary/aromatic N) is 1. The van der Waals surface area contributed by atoms with Gasteiger partial charge in [-0.2, -0.15) is 0 Å². The largest absolute Gasteiger partial charge is 0.479 e. The summed E-state index contributed by atoms with van der Waals surface area (Å²) in [7, 11) is 0. The topological polar surface area (TPSA) is 69.6 Å². The molecule has 1 aromatic heterocycles. The van der Waals surface area contributed by atoms with Crippen LogP contribution in [0.1, 0.15) is 23.4 Å². The number of hydrogen-bond donors (Lipinski definition) is 2. The lowest BCUT2D eigenvalue weighted by atomic mass is 9.93. The Labute approximate surface area is 121 Å². The second-order valence-corrected chi connectivity index (χ2v) is 6.56. The summed E-state index contributed by atoms with van der Waals surface area (Å²) in [6.07, 6.45) is 0.761. The monoisotopic (exact) mass is 294 g/mol. The lowest BCUT2D eigenvalue weighted by Crippen LogP contribution is -2.47. The Bertz CT molecular complexity index is 542. The first-order chi connectivity index (χ1) is 9.59. The third kappa shape index (κ3) is 2.13. The maximum Gasteiger partial charge on any atom is 0.331 e. The number of fused-ring (bicyclic) bond motifs is 1. The highest BCUT2D eigenvalue weighted by molar-refractivity contribution is 7.10. The van der Waals surface area contributed by atoms with E-state index in [0.717, 1.165) is 23.4 Å². The number of amides is 1. The van der Waals surface area contributed by atoms with E-state index in [9.17, 15) is 14.7 Å². The summed E-state index contributed by atoms with van der Waals surface area (Å²) in [6.45, 7) is 4.02. The second-order valence-electron chi connectivity index (χ2n) is 5.56. The molecule has 0 spiro atoms. The molecule has 0 aromatic carbocycles. The number of aliphatic carboxylic acids is 1. The van der Waals surface area contributed by atoms with E-state index in [4.69, 9.17) is 0 Å². The molecule has 2 aliphatic rings. The number of hydrogen-bond acceptors (Lipinski definition) is 4. The first-order valence-electron chi connectivity index (χ1n) is 6.90. The number of carboxylic acid groups (broad SMARTS) is 1. The van der Waals surface area contributed by atoms with E-state index in [1.165, 1.54) is 0 Å². The van der Waals surface area contributed by atoms with Gasteiger partial charge in [0.2, 0.25) is 5.91 Å². The second kappa shape index (κ2) is 5.18. The van der Waals surface area contributed by atoms with Crippen molar-refractivity contribution in [1.29, 1.82) is 0 Å². The normalized spacial score (nSPS) is 29.2. The van der Waals surface area contributed by atoms with Crippen molar-refractivity contribution in [3.8, 4) is 0 Å². The van der Waals surface area contributed by atoms with Gasteiger partial charge in [0, 0.05) is 18.0 Å². The van der Waals surface area contributed by atoms with Crippen molar-refractivity contribution >= 4 is 23.2 Å². The van der Waals surface area contributed by atoms with Crippen molar-refractivity contribution < 1.29 is 14.7 Å². The minimum absolute atomic E-state index is 0.0215. The Morgan fingerprint density at radius 2 is 2.25 bits per heavy atom. The van der Waals surface area contributed by atoms with E-state index in [-0.39, 0.29) is 17.7 Å². The number of rotatable bonds is 2. The zero-order valence-electron chi connectivity index (χ0n) is 11.3. The zero-order chi connectivity index (χ0) is 14.3. The molecule has 2 aliphatic heterocycles. The summed E-state index contributed by atoms with van der Waals surface area (Å²) in [6, 6.07) is 1.03. The van der Waals surface area contributed by atoms with Crippen LogP contribution in [0.3, 0.4) is 0 Å². The van der Waals surface area contributed by atoms with Gasteiger partial charge < -0.3 is 15.3 Å². The van der Waals surface area contributed by atoms with E-state index < -0.39 is 12.0 Å². The molecule has 5 nitrogen and oxygen atoms in total. The molecule has 3 heterocycles. The SMILES string of the molecule is C[C@@H]1CNC[C@H]1C(=O)N1CCc2sccc2C1C(=O)O.